The van der Waals surface area contributed by atoms with E-state index in [0.29, 0.717) is 0 Å². The van der Waals surface area contributed by atoms with Gasteiger partial charge in [-0.3, -0.25) is 9.59 Å². The number of esters is 2. The van der Waals surface area contributed by atoms with Gasteiger partial charge in [0.1, 0.15) is 36.6 Å². The van der Waals surface area contributed by atoms with E-state index in [-0.39, 0.29) is 42.9 Å². The van der Waals surface area contributed by atoms with E-state index in [1.54, 1.807) is 19.9 Å². The van der Waals surface area contributed by atoms with Crippen molar-refractivity contribution < 1.29 is 86.5 Å². The zero-order chi connectivity index (χ0) is 51.3. The summed E-state index contributed by atoms with van der Waals surface area (Å²) < 4.78 is 75.7. The lowest BCUT2D eigenvalue weighted by Crippen LogP contribution is -2.62. The van der Waals surface area contributed by atoms with Crippen LogP contribution in [0.15, 0.2) is 12.7 Å². The number of hydrogen-bond acceptors (Lipinski definition) is 22. The zero-order valence-electron chi connectivity index (χ0n) is 39.5. The van der Waals surface area contributed by atoms with Gasteiger partial charge in [0.15, 0.2) is 48.9 Å². The first-order valence-electron chi connectivity index (χ1n) is 21.3. The third-order valence-electron chi connectivity index (χ3n) is 11.3. The van der Waals surface area contributed by atoms with E-state index >= 15 is 0 Å². The molecule has 0 saturated carbocycles. The Kier molecular flexibility index (Phi) is 27.3. The van der Waals surface area contributed by atoms with Gasteiger partial charge in [-0.25, -0.2) is 0 Å². The van der Waals surface area contributed by atoms with Gasteiger partial charge in [-0.1, -0.05) is 19.9 Å². The number of fused-ring (bicyclic) bond motifs is 2. The minimum absolute atomic E-state index is 0.0741. The first kappa shape index (κ1) is 62.8. The van der Waals surface area contributed by atoms with Crippen LogP contribution < -0.4 is 0 Å². The number of hydrogen-bond donors (Lipinski definition) is 3. The summed E-state index contributed by atoms with van der Waals surface area (Å²) in [7, 11) is 9.58. The molecule has 6 aliphatic rings. The summed E-state index contributed by atoms with van der Waals surface area (Å²) in [6.07, 6.45) is -12.1. The zero-order valence-corrected chi connectivity index (χ0v) is 48.5. The minimum Gasteiger partial charge on any atom is -0.457 e. The van der Waals surface area contributed by atoms with Crippen molar-refractivity contribution in [3.05, 3.63) is 12.7 Å². The lowest BCUT2D eigenvalue weighted by atomic mass is 9.91. The summed E-state index contributed by atoms with van der Waals surface area (Å²) >= 11 is 17.9. The second-order valence-electron chi connectivity index (χ2n) is 17.1. The van der Waals surface area contributed by atoms with E-state index in [0.717, 1.165) is 0 Å². The van der Waals surface area contributed by atoms with Gasteiger partial charge in [0.2, 0.25) is 0 Å². The fourth-order valence-electron chi connectivity index (χ4n) is 8.10. The molecule has 0 aromatic rings. The highest BCUT2D eigenvalue weighted by atomic mass is 33.3. The molecule has 20 atom stereocenters. The van der Waals surface area contributed by atoms with E-state index < -0.39 is 110 Å². The van der Waals surface area contributed by atoms with Crippen LogP contribution in [0.3, 0.4) is 0 Å². The van der Waals surface area contributed by atoms with E-state index in [1.165, 1.54) is 76.0 Å². The average Bonchev–Trinajstić information content (AvgIpc) is 3.78. The molecular weight excluding hydrogens is 1110 g/mol. The SMILES string of the molecule is C=CCO[C@H]1OC(C)[C@H](OC(C)=O)[C@@H](O[C@@H]2OC(C)[C@H](C)[C@@H]3OC(C)(C)OC23)C1O.CC(=O)O[C@H]1C(C)O[C@H](O)C(O)[C@@H]1O[C@@H]1OC(C)[C@H](C)[C@@H]2OC(C)(C)OC12.S=S=S=S=S.S=S=S=S=S=S. The van der Waals surface area contributed by atoms with Crippen molar-refractivity contribution in [2.24, 2.45) is 11.8 Å². The molecule has 0 spiro atoms. The van der Waals surface area contributed by atoms with Gasteiger partial charge in [0.05, 0.1) is 43.2 Å². The molecular formula is C39H64O18S11. The first-order chi connectivity index (χ1) is 31.9. The first-order valence-corrected chi connectivity index (χ1v) is 33.3. The van der Waals surface area contributed by atoms with Crippen LogP contribution in [0.4, 0.5) is 0 Å². The molecule has 6 heterocycles. The monoisotopic (exact) mass is 1170 g/mol. The van der Waals surface area contributed by atoms with Gasteiger partial charge in [0.25, 0.3) is 0 Å². The molecule has 6 fully saturated rings. The van der Waals surface area contributed by atoms with Crippen LogP contribution in [0.2, 0.25) is 0 Å². The quantitative estimate of drug-likeness (QED) is 0.222. The Bertz CT molecular complexity index is 1950. The molecule has 68 heavy (non-hydrogen) atoms. The maximum Gasteiger partial charge on any atom is 0.303 e. The highest BCUT2D eigenvalue weighted by Crippen LogP contribution is 2.43. The van der Waals surface area contributed by atoms with Gasteiger partial charge in [-0.15, -0.1) is 6.58 Å². The second-order valence-corrected chi connectivity index (χ2v) is 29.5. The number of ether oxygens (including phenoxy) is 13. The molecule has 8 unspecified atom stereocenters. The average molecular weight is 1170 g/mol. The summed E-state index contributed by atoms with van der Waals surface area (Å²) in [6, 6.07) is 0. The van der Waals surface area contributed by atoms with Gasteiger partial charge in [0, 0.05) is 133 Å². The highest BCUT2D eigenvalue weighted by molar-refractivity contribution is 8.64. The molecule has 0 aromatic carbocycles. The molecule has 6 rings (SSSR count). The third kappa shape index (κ3) is 18.1. The highest BCUT2D eigenvalue weighted by Gasteiger charge is 2.58. The fraction of sp³-hybridized carbons (Fsp3) is 0.897. The van der Waals surface area contributed by atoms with Gasteiger partial charge in [-0.05, 0) is 55.4 Å². The minimum atomic E-state index is -1.47. The molecule has 18 nitrogen and oxygen atoms in total. The van der Waals surface area contributed by atoms with Crippen molar-refractivity contribution in [3.8, 4) is 0 Å². The summed E-state index contributed by atoms with van der Waals surface area (Å²) in [5.41, 5.74) is 0. The number of aliphatic hydroxyl groups excluding tert-OH is 3. The normalized spacial score (nSPS) is 40.7. The third-order valence-corrected chi connectivity index (χ3v) is 22.4. The predicted molar refractivity (Wildman–Crippen MR) is 276 cm³/mol. The molecule has 394 valence electrons. The van der Waals surface area contributed by atoms with Crippen molar-refractivity contribution in [3.63, 3.8) is 0 Å². The Morgan fingerprint density at radius 1 is 0.559 bits per heavy atom. The Labute approximate surface area is 438 Å². The van der Waals surface area contributed by atoms with Crippen LogP contribution in [0.1, 0.15) is 83.1 Å². The standard InChI is InChI=1S/C21H34O9.C18H30O9.S6.S5/c1-8-9-24-19-14(23)17(16(12(4)26-19)27-13(5)22)28-20-18-15(10(2)11(3)25-20)29-21(6,7)30-18;1-7-8(2)23-17(15-12(7)26-18(5,6)27-15)25-14-11(20)16(21)22-9(3)13(14)24-10(4)19;1-3-5-6-4-2;1-3-5-4-2/h8,10-12,14-20,23H,1,9H2,2-7H3;7-9,11-17,20-21H,1-6H3;;/t10-,11?,12?,14?,15-,16-,17-,18?,19-,20-;7-,8?,9?,11?,12-,13-,14-,15?,16-,17-;;/m00../s1. The molecule has 29 heteroatoms. The van der Waals surface area contributed by atoms with Crippen molar-refractivity contribution in [2.75, 3.05) is 6.61 Å². The molecule has 0 aliphatic carbocycles. The lowest BCUT2D eigenvalue weighted by molar-refractivity contribution is -0.344. The van der Waals surface area contributed by atoms with Crippen LogP contribution in [0, 0.1) is 11.8 Å². The van der Waals surface area contributed by atoms with E-state index in [9.17, 15) is 24.9 Å². The van der Waals surface area contributed by atoms with E-state index in [4.69, 9.17) is 61.6 Å². The summed E-state index contributed by atoms with van der Waals surface area (Å²) in [4.78, 5) is 23.2. The van der Waals surface area contributed by atoms with Crippen LogP contribution in [-0.4, -0.2) is 156 Å². The molecule has 3 N–H and O–H groups in total. The van der Waals surface area contributed by atoms with Crippen LogP contribution >= 0.6 is 0 Å². The Morgan fingerprint density at radius 3 is 1.29 bits per heavy atom. The summed E-state index contributed by atoms with van der Waals surface area (Å²) in [6.45, 7) is 24.9. The molecule has 0 amide bonds. The van der Waals surface area contributed by atoms with Crippen LogP contribution in [0.25, 0.3) is 0 Å². The maximum absolute atomic E-state index is 11.7. The Balaban J connectivity index is 0.000000296. The number of carbonyl (C=O) groups excluding carboxylic acids is 2. The van der Waals surface area contributed by atoms with Crippen LogP contribution in [0.5, 0.6) is 0 Å². The van der Waals surface area contributed by atoms with Crippen molar-refractivity contribution >= 4 is 119 Å². The Hall–Kier alpha value is 0.540. The summed E-state index contributed by atoms with van der Waals surface area (Å²) in [5.74, 6) is -2.47. The molecule has 6 saturated heterocycles. The molecule has 0 aromatic heterocycles. The summed E-state index contributed by atoms with van der Waals surface area (Å²) in [5, 5.41) is 31.3. The topological polar surface area (TPSA) is 215 Å². The number of aliphatic hydroxyl groups is 3. The van der Waals surface area contributed by atoms with E-state index in [1.807, 2.05) is 55.4 Å². The molecule has 6 aliphatic heterocycles. The van der Waals surface area contributed by atoms with Gasteiger partial charge >= 0.3 is 11.9 Å². The smallest absolute Gasteiger partial charge is 0.303 e. The predicted octanol–water partition coefficient (Wildman–Crippen LogP) is 1.79. The largest absolute Gasteiger partial charge is 0.457 e. The second kappa shape index (κ2) is 29.6. The van der Waals surface area contributed by atoms with Crippen LogP contribution in [-0.2, 0) is 178 Å². The molecule has 0 radical (unpaired) electrons. The fourth-order valence-corrected chi connectivity index (χ4v) is 16.3. The lowest BCUT2D eigenvalue weighted by Gasteiger charge is -2.46. The number of carbonyl (C=O) groups is 2. The maximum atomic E-state index is 11.7. The van der Waals surface area contributed by atoms with Gasteiger partial charge in [-0.2, -0.15) is 0 Å². The van der Waals surface area contributed by atoms with Crippen molar-refractivity contribution in [2.45, 2.75) is 205 Å². The van der Waals surface area contributed by atoms with Crippen molar-refractivity contribution in [1.29, 1.82) is 0 Å². The van der Waals surface area contributed by atoms with E-state index in [2.05, 4.69) is 51.3 Å². The molecule has 0 bridgehead atoms. The van der Waals surface area contributed by atoms with Gasteiger partial charge < -0.3 is 76.9 Å². The Morgan fingerprint density at radius 2 is 0.926 bits per heavy atom. The number of rotatable bonds is 9. The van der Waals surface area contributed by atoms with Crippen molar-refractivity contribution in [1.82, 2.24) is 0 Å².